The van der Waals surface area contributed by atoms with E-state index in [0.717, 1.165) is 5.56 Å². The van der Waals surface area contributed by atoms with Crippen LogP contribution >= 0.6 is 0 Å². The van der Waals surface area contributed by atoms with Crippen LogP contribution in [0.1, 0.15) is 36.7 Å². The molecule has 1 saturated heterocycles. The molecule has 0 bridgehead atoms. The number of nitrogens with zero attached hydrogens (tertiary/aromatic N) is 2. The molecule has 1 N–H and O–H groups in total. The molecular weight excluding hydrogens is 368 g/mol. The van der Waals surface area contributed by atoms with Crippen LogP contribution in [0.5, 0.6) is 0 Å². The number of benzene rings is 2. The van der Waals surface area contributed by atoms with Crippen molar-refractivity contribution in [2.45, 2.75) is 38.8 Å². The highest BCUT2D eigenvalue weighted by Gasteiger charge is 2.34. The molecule has 1 heterocycles. The summed E-state index contributed by atoms with van der Waals surface area (Å²) in [5, 5.41) is 9.55. The Morgan fingerprint density at radius 1 is 1.03 bits per heavy atom. The number of rotatable bonds is 4. The molecule has 29 heavy (non-hydrogen) atoms. The molecule has 0 unspecified atom stereocenters. The summed E-state index contributed by atoms with van der Waals surface area (Å²) in [5.74, 6) is -0.949. The zero-order valence-corrected chi connectivity index (χ0v) is 17.2. The average molecular weight is 396 g/mol. The zero-order chi connectivity index (χ0) is 21.0. The molecule has 0 aliphatic carbocycles. The SMILES string of the molecule is CC(C)(C)OC(=O)N1CCN(c2ccccc2C(=O)O)C[C@H]1Cc1ccccc1. The van der Waals surface area contributed by atoms with E-state index >= 15 is 0 Å². The van der Waals surface area contributed by atoms with Crippen LogP contribution < -0.4 is 4.90 Å². The molecule has 154 valence electrons. The number of aromatic carboxylic acids is 1. The molecule has 2 aromatic rings. The maximum atomic E-state index is 12.8. The Bertz CT molecular complexity index is 861. The number of carbonyl (C=O) groups is 2. The number of para-hydroxylation sites is 1. The molecule has 0 aromatic heterocycles. The predicted octanol–water partition coefficient (Wildman–Crippen LogP) is 4.05. The highest BCUT2D eigenvalue weighted by Crippen LogP contribution is 2.26. The minimum atomic E-state index is -0.949. The Labute approximate surface area is 171 Å². The summed E-state index contributed by atoms with van der Waals surface area (Å²) >= 11 is 0. The number of carbonyl (C=O) groups excluding carboxylic acids is 1. The summed E-state index contributed by atoms with van der Waals surface area (Å²) in [7, 11) is 0. The molecule has 0 spiro atoms. The topological polar surface area (TPSA) is 70.1 Å². The van der Waals surface area contributed by atoms with Gasteiger partial charge >= 0.3 is 12.1 Å². The van der Waals surface area contributed by atoms with Gasteiger partial charge < -0.3 is 19.6 Å². The first-order valence-electron chi connectivity index (χ1n) is 9.85. The Kier molecular flexibility index (Phi) is 6.11. The first kappa shape index (κ1) is 20.7. The van der Waals surface area contributed by atoms with Crippen LogP contribution in [0.15, 0.2) is 54.6 Å². The third-order valence-corrected chi connectivity index (χ3v) is 4.90. The number of anilines is 1. The van der Waals surface area contributed by atoms with Gasteiger partial charge in [0.05, 0.1) is 17.3 Å². The van der Waals surface area contributed by atoms with Crippen molar-refractivity contribution < 1.29 is 19.4 Å². The molecule has 1 amide bonds. The zero-order valence-electron chi connectivity index (χ0n) is 17.2. The lowest BCUT2D eigenvalue weighted by Crippen LogP contribution is -2.57. The first-order chi connectivity index (χ1) is 13.7. The van der Waals surface area contributed by atoms with E-state index in [1.807, 2.05) is 63.2 Å². The monoisotopic (exact) mass is 396 g/mol. The summed E-state index contributed by atoms with van der Waals surface area (Å²) in [6.07, 6.45) is 0.343. The van der Waals surface area contributed by atoms with Crippen molar-refractivity contribution in [2.24, 2.45) is 0 Å². The van der Waals surface area contributed by atoms with Crippen LogP contribution in [-0.2, 0) is 11.2 Å². The molecule has 2 aromatic carbocycles. The summed E-state index contributed by atoms with van der Waals surface area (Å²) in [5.41, 5.74) is 1.51. The second kappa shape index (κ2) is 8.55. The Morgan fingerprint density at radius 3 is 2.34 bits per heavy atom. The third-order valence-electron chi connectivity index (χ3n) is 4.90. The van der Waals surface area contributed by atoms with Crippen LogP contribution in [0.3, 0.4) is 0 Å². The second-order valence-corrected chi connectivity index (χ2v) is 8.29. The molecule has 1 aliphatic rings. The van der Waals surface area contributed by atoms with Crippen LogP contribution in [-0.4, -0.2) is 53.3 Å². The summed E-state index contributed by atoms with van der Waals surface area (Å²) in [4.78, 5) is 28.3. The maximum absolute atomic E-state index is 12.8. The van der Waals surface area contributed by atoms with E-state index in [2.05, 4.69) is 4.90 Å². The number of carboxylic acid groups (broad SMARTS) is 1. The molecule has 0 saturated carbocycles. The van der Waals surface area contributed by atoms with Crippen molar-refractivity contribution in [1.82, 2.24) is 4.90 Å². The van der Waals surface area contributed by atoms with Crippen molar-refractivity contribution in [1.29, 1.82) is 0 Å². The maximum Gasteiger partial charge on any atom is 0.410 e. The van der Waals surface area contributed by atoms with Crippen LogP contribution in [0.25, 0.3) is 0 Å². The number of carboxylic acids is 1. The largest absolute Gasteiger partial charge is 0.478 e. The highest BCUT2D eigenvalue weighted by atomic mass is 16.6. The molecule has 1 aliphatic heterocycles. The van der Waals surface area contributed by atoms with E-state index in [-0.39, 0.29) is 17.7 Å². The second-order valence-electron chi connectivity index (χ2n) is 8.29. The molecule has 3 rings (SSSR count). The average Bonchev–Trinajstić information content (AvgIpc) is 2.67. The minimum Gasteiger partial charge on any atom is -0.478 e. The molecule has 1 fully saturated rings. The predicted molar refractivity (Wildman–Crippen MR) is 112 cm³/mol. The fraction of sp³-hybridized carbons (Fsp3) is 0.391. The number of hydrogen-bond acceptors (Lipinski definition) is 4. The van der Waals surface area contributed by atoms with Crippen molar-refractivity contribution >= 4 is 17.7 Å². The molecule has 6 heteroatoms. The van der Waals surface area contributed by atoms with Crippen LogP contribution in [0, 0.1) is 0 Å². The van der Waals surface area contributed by atoms with Crippen molar-refractivity contribution in [3.05, 3.63) is 65.7 Å². The standard InChI is InChI=1S/C23H28N2O4/c1-23(2,3)29-22(28)25-14-13-24(20-12-8-7-11-19(20)21(26)27)16-18(25)15-17-9-5-4-6-10-17/h4-12,18H,13-16H2,1-3H3,(H,26,27)/t18-/m1/s1. The van der Waals surface area contributed by atoms with Gasteiger partial charge in [-0.3, -0.25) is 0 Å². The fourth-order valence-corrected chi connectivity index (χ4v) is 3.63. The van der Waals surface area contributed by atoms with Gasteiger partial charge in [-0.2, -0.15) is 0 Å². The lowest BCUT2D eigenvalue weighted by Gasteiger charge is -2.43. The van der Waals surface area contributed by atoms with Gasteiger partial charge in [0.2, 0.25) is 0 Å². The summed E-state index contributed by atoms with van der Waals surface area (Å²) in [6, 6.07) is 16.9. The summed E-state index contributed by atoms with van der Waals surface area (Å²) in [6.45, 7) is 7.14. The van der Waals surface area contributed by atoms with E-state index in [1.165, 1.54) is 0 Å². The quantitative estimate of drug-likeness (QED) is 0.844. The van der Waals surface area contributed by atoms with Gasteiger partial charge in [-0.1, -0.05) is 42.5 Å². The molecular formula is C23H28N2O4. The van der Waals surface area contributed by atoms with Gasteiger partial charge in [0.15, 0.2) is 0 Å². The lowest BCUT2D eigenvalue weighted by molar-refractivity contribution is 0.0140. The van der Waals surface area contributed by atoms with Gasteiger partial charge in [-0.05, 0) is 44.9 Å². The smallest absolute Gasteiger partial charge is 0.410 e. The van der Waals surface area contributed by atoms with E-state index in [9.17, 15) is 14.7 Å². The number of amides is 1. The summed E-state index contributed by atoms with van der Waals surface area (Å²) < 4.78 is 5.62. The highest BCUT2D eigenvalue weighted by molar-refractivity contribution is 5.94. The van der Waals surface area contributed by atoms with Gasteiger partial charge in [-0.15, -0.1) is 0 Å². The van der Waals surface area contributed by atoms with E-state index in [0.29, 0.717) is 31.7 Å². The molecule has 0 radical (unpaired) electrons. The Morgan fingerprint density at radius 2 is 1.69 bits per heavy atom. The molecule has 1 atom stereocenters. The van der Waals surface area contributed by atoms with Gasteiger partial charge in [0.25, 0.3) is 0 Å². The number of ether oxygens (including phenoxy) is 1. The molecule has 6 nitrogen and oxygen atoms in total. The Hall–Kier alpha value is -3.02. The fourth-order valence-electron chi connectivity index (χ4n) is 3.63. The van der Waals surface area contributed by atoms with Crippen LogP contribution in [0.2, 0.25) is 0 Å². The third kappa shape index (κ3) is 5.28. The van der Waals surface area contributed by atoms with E-state index in [1.54, 1.807) is 17.0 Å². The van der Waals surface area contributed by atoms with Crippen molar-refractivity contribution in [3.8, 4) is 0 Å². The van der Waals surface area contributed by atoms with E-state index < -0.39 is 11.6 Å². The number of hydrogen-bond donors (Lipinski definition) is 1. The van der Waals surface area contributed by atoms with E-state index in [4.69, 9.17) is 4.74 Å². The van der Waals surface area contributed by atoms with Crippen molar-refractivity contribution in [3.63, 3.8) is 0 Å². The first-order valence-corrected chi connectivity index (χ1v) is 9.85. The lowest BCUT2D eigenvalue weighted by atomic mass is 10.0. The van der Waals surface area contributed by atoms with Crippen molar-refractivity contribution in [2.75, 3.05) is 24.5 Å². The van der Waals surface area contributed by atoms with Gasteiger partial charge in [0, 0.05) is 19.6 Å². The normalized spacial score (nSPS) is 17.1. The van der Waals surface area contributed by atoms with Gasteiger partial charge in [-0.25, -0.2) is 9.59 Å². The number of piperazine rings is 1. The Balaban J connectivity index is 1.86. The van der Waals surface area contributed by atoms with Crippen LogP contribution in [0.4, 0.5) is 10.5 Å². The van der Waals surface area contributed by atoms with Gasteiger partial charge in [0.1, 0.15) is 5.60 Å². The minimum absolute atomic E-state index is 0.122.